The third-order valence-corrected chi connectivity index (χ3v) is 2.10. The van der Waals surface area contributed by atoms with Crippen molar-refractivity contribution in [2.75, 3.05) is 0 Å². The Balaban J connectivity index is 6.24. The first-order chi connectivity index (χ1) is 9.45. The molecule has 0 aromatic carbocycles. The molecular formula is C8H2F10O4. The summed E-state index contributed by atoms with van der Waals surface area (Å²) in [4.78, 5) is 19.3. The summed E-state index contributed by atoms with van der Waals surface area (Å²) in [5, 5.41) is 16.5. The van der Waals surface area contributed by atoms with Gasteiger partial charge in [-0.15, -0.1) is 0 Å². The van der Waals surface area contributed by atoms with Crippen molar-refractivity contribution in [1.29, 1.82) is 0 Å². The average Bonchev–Trinajstić information content (AvgIpc) is 2.35. The maximum Gasteiger partial charge on any atom is 0.405 e. The van der Waals surface area contributed by atoms with Crippen LogP contribution < -0.4 is 0 Å². The molecule has 0 saturated carbocycles. The molecule has 2 N–H and O–H groups in total. The van der Waals surface area contributed by atoms with Gasteiger partial charge in [0.25, 0.3) is 0 Å². The highest BCUT2D eigenvalue weighted by Crippen LogP contribution is 2.46. The van der Waals surface area contributed by atoms with Crippen molar-refractivity contribution in [2.24, 2.45) is 0 Å². The number of carbonyl (C=O) groups excluding carboxylic acids is 2. The van der Waals surface area contributed by atoms with Gasteiger partial charge in [0.1, 0.15) is 0 Å². The summed E-state index contributed by atoms with van der Waals surface area (Å²) < 4.78 is 124. The molecule has 0 aliphatic heterocycles. The Morgan fingerprint density at radius 3 is 1.27 bits per heavy atom. The van der Waals surface area contributed by atoms with E-state index in [2.05, 4.69) is 0 Å². The number of aliphatic hydroxyl groups is 2. The van der Waals surface area contributed by atoms with Crippen LogP contribution in [0.2, 0.25) is 0 Å². The Bertz CT molecular complexity index is 477. The van der Waals surface area contributed by atoms with Gasteiger partial charge in [0, 0.05) is 0 Å². The zero-order chi connectivity index (χ0) is 18.3. The van der Waals surface area contributed by atoms with E-state index in [1.807, 2.05) is 0 Å². The van der Waals surface area contributed by atoms with Gasteiger partial charge in [0.2, 0.25) is 11.6 Å². The van der Waals surface area contributed by atoms with Crippen molar-refractivity contribution in [3.63, 3.8) is 0 Å². The van der Waals surface area contributed by atoms with E-state index in [1.165, 1.54) is 0 Å². The summed E-state index contributed by atoms with van der Waals surface area (Å²) >= 11 is 0. The van der Waals surface area contributed by atoms with Crippen LogP contribution >= 0.6 is 0 Å². The van der Waals surface area contributed by atoms with Crippen LogP contribution in [-0.2, 0) is 9.59 Å². The molecular weight excluding hydrogens is 350 g/mol. The third-order valence-electron chi connectivity index (χ3n) is 2.10. The predicted molar refractivity (Wildman–Crippen MR) is 43.9 cm³/mol. The molecule has 1 atom stereocenters. The second-order valence-electron chi connectivity index (χ2n) is 3.56. The second kappa shape index (κ2) is 5.40. The van der Waals surface area contributed by atoms with Crippen LogP contribution in [0.1, 0.15) is 0 Å². The fourth-order valence-electron chi connectivity index (χ4n) is 0.835. The first kappa shape index (κ1) is 20.1. The van der Waals surface area contributed by atoms with Crippen LogP contribution in [0.15, 0.2) is 11.6 Å². The van der Waals surface area contributed by atoms with Gasteiger partial charge in [-0.3, -0.25) is 9.59 Å². The number of rotatable bonds is 6. The topological polar surface area (TPSA) is 74.6 Å². The van der Waals surface area contributed by atoms with E-state index in [1.54, 1.807) is 0 Å². The largest absolute Gasteiger partial charge is 0.504 e. The summed E-state index contributed by atoms with van der Waals surface area (Å²) in [5.41, 5.74) is 0. The highest BCUT2D eigenvalue weighted by molar-refractivity contribution is 5.79. The SMILES string of the molecule is O=C(F)C(F)(F)C(O)(F)/C(F)=C(\O)C(F)(F)C(F)(F)C(=O)F. The first-order valence-corrected chi connectivity index (χ1v) is 4.50. The van der Waals surface area contributed by atoms with Crippen molar-refractivity contribution in [1.82, 2.24) is 0 Å². The molecule has 22 heavy (non-hydrogen) atoms. The Morgan fingerprint density at radius 1 is 0.682 bits per heavy atom. The smallest absolute Gasteiger partial charge is 0.405 e. The lowest BCUT2D eigenvalue weighted by atomic mass is 10.0. The summed E-state index contributed by atoms with van der Waals surface area (Å²) in [7, 11) is 0. The van der Waals surface area contributed by atoms with E-state index in [0.717, 1.165) is 0 Å². The maximum atomic E-state index is 12.9. The first-order valence-electron chi connectivity index (χ1n) is 4.50. The summed E-state index contributed by atoms with van der Waals surface area (Å²) in [6.45, 7) is 0. The van der Waals surface area contributed by atoms with Crippen LogP contribution in [0.25, 0.3) is 0 Å². The standard InChI is InChI=1S/C8H2F10O4/c9-1(8(18,22)7(16,17)4(11)21)2(19)5(12,13)6(14,15)3(10)20/h19,22H/b2-1+. The highest BCUT2D eigenvalue weighted by atomic mass is 19.3. The van der Waals surface area contributed by atoms with Crippen LogP contribution in [0.4, 0.5) is 43.9 Å². The van der Waals surface area contributed by atoms with Crippen molar-refractivity contribution >= 4 is 12.1 Å². The molecule has 14 heteroatoms. The van der Waals surface area contributed by atoms with Gasteiger partial charge in [-0.05, 0) is 0 Å². The molecule has 0 aliphatic carbocycles. The number of carbonyl (C=O) groups is 2. The number of alkyl halides is 7. The van der Waals surface area contributed by atoms with Crippen molar-refractivity contribution in [2.45, 2.75) is 23.6 Å². The minimum Gasteiger partial charge on any atom is -0.504 e. The fraction of sp³-hybridized carbons (Fsp3) is 0.500. The zero-order valence-corrected chi connectivity index (χ0v) is 9.49. The quantitative estimate of drug-likeness (QED) is 0.437. The molecule has 128 valence electrons. The maximum absolute atomic E-state index is 12.9. The van der Waals surface area contributed by atoms with Crippen LogP contribution in [0.3, 0.4) is 0 Å². The lowest BCUT2D eigenvalue weighted by molar-refractivity contribution is -0.244. The van der Waals surface area contributed by atoms with E-state index in [4.69, 9.17) is 10.2 Å². The molecule has 0 aromatic rings. The predicted octanol–water partition coefficient (Wildman–Crippen LogP) is 2.28. The average molecular weight is 352 g/mol. The monoisotopic (exact) mass is 352 g/mol. The molecule has 0 fully saturated rings. The normalized spacial score (nSPS) is 17.6. The van der Waals surface area contributed by atoms with E-state index in [0.29, 0.717) is 0 Å². The molecule has 1 unspecified atom stereocenters. The van der Waals surface area contributed by atoms with Gasteiger partial charge in [-0.25, -0.2) is 4.39 Å². The number of allylic oxidation sites excluding steroid dienone is 1. The lowest BCUT2D eigenvalue weighted by Gasteiger charge is -2.27. The van der Waals surface area contributed by atoms with Gasteiger partial charge in [-0.2, -0.15) is 39.5 Å². The molecule has 0 aromatic heterocycles. The highest BCUT2D eigenvalue weighted by Gasteiger charge is 2.71. The number of hydrogen-bond acceptors (Lipinski definition) is 4. The van der Waals surface area contributed by atoms with Crippen LogP contribution in [0.5, 0.6) is 0 Å². The molecule has 0 amide bonds. The van der Waals surface area contributed by atoms with E-state index in [9.17, 15) is 53.5 Å². The van der Waals surface area contributed by atoms with Crippen molar-refractivity contribution in [3.05, 3.63) is 11.6 Å². The molecule has 4 nitrogen and oxygen atoms in total. The minimum atomic E-state index is -6.65. The van der Waals surface area contributed by atoms with Gasteiger partial charge in [-0.1, -0.05) is 0 Å². The van der Waals surface area contributed by atoms with Gasteiger partial charge >= 0.3 is 35.7 Å². The Hall–Kier alpha value is -1.86. The molecule has 0 saturated heterocycles. The molecule has 0 bridgehead atoms. The summed E-state index contributed by atoms with van der Waals surface area (Å²) in [6, 6.07) is -8.32. The second-order valence-corrected chi connectivity index (χ2v) is 3.56. The third kappa shape index (κ3) is 2.74. The van der Waals surface area contributed by atoms with Crippen molar-refractivity contribution in [3.8, 4) is 0 Å². The molecule has 0 radical (unpaired) electrons. The Kier molecular flexibility index (Phi) is 4.95. The van der Waals surface area contributed by atoms with E-state index >= 15 is 0 Å². The molecule has 0 spiro atoms. The van der Waals surface area contributed by atoms with Gasteiger partial charge in [0.15, 0.2) is 0 Å². The van der Waals surface area contributed by atoms with Crippen molar-refractivity contribution < 1.29 is 63.7 Å². The summed E-state index contributed by atoms with van der Waals surface area (Å²) in [5.74, 6) is -34.3. The Morgan fingerprint density at radius 2 is 1.00 bits per heavy atom. The molecule has 0 rings (SSSR count). The van der Waals surface area contributed by atoms with Gasteiger partial charge < -0.3 is 10.2 Å². The lowest BCUT2D eigenvalue weighted by Crippen LogP contribution is -2.52. The molecule has 0 heterocycles. The van der Waals surface area contributed by atoms with Crippen LogP contribution in [-0.4, -0.2) is 45.9 Å². The van der Waals surface area contributed by atoms with E-state index in [-0.39, 0.29) is 0 Å². The number of hydrogen-bond donors (Lipinski definition) is 2. The summed E-state index contributed by atoms with van der Waals surface area (Å²) in [6.07, 6.45) is 0. The molecule has 0 aliphatic rings. The van der Waals surface area contributed by atoms with Gasteiger partial charge in [0.05, 0.1) is 0 Å². The van der Waals surface area contributed by atoms with Crippen LogP contribution in [0, 0.1) is 0 Å². The van der Waals surface area contributed by atoms with E-state index < -0.39 is 47.3 Å². The number of aliphatic hydroxyl groups excluding tert-OH is 1. The fourth-order valence-corrected chi connectivity index (χ4v) is 0.835. The zero-order valence-electron chi connectivity index (χ0n) is 9.49. The minimum absolute atomic E-state index is 4.06. The Labute approximate surface area is 112 Å². The number of halogens is 10.